The van der Waals surface area contributed by atoms with E-state index >= 15 is 0 Å². The number of hydrogen-bond acceptors (Lipinski definition) is 3. The van der Waals surface area contributed by atoms with Crippen LogP contribution in [-0.4, -0.2) is 38.9 Å². The second kappa shape index (κ2) is 12.8. The Kier molecular flexibility index (Phi) is 7.84. The van der Waals surface area contributed by atoms with Crippen molar-refractivity contribution in [1.82, 2.24) is 0 Å². The molecule has 3 aliphatic heterocycles. The molecule has 5 aliphatic rings. The highest BCUT2D eigenvalue weighted by molar-refractivity contribution is 8.33. The van der Waals surface area contributed by atoms with Crippen LogP contribution in [0.2, 0.25) is 13.1 Å². The minimum Gasteiger partial charge on any atom is -0.330 e. The van der Waals surface area contributed by atoms with Crippen LogP contribution in [0, 0.1) is 0 Å². The number of hydrogen-bond donors (Lipinski definition) is 0. The average molecular weight is 776 g/mol. The number of anilines is 5. The first-order chi connectivity index (χ1) is 27.8. The van der Waals surface area contributed by atoms with E-state index in [2.05, 4.69) is 199 Å². The Morgan fingerprint density at radius 2 is 1.21 bits per heavy atom. The maximum Gasteiger partial charge on any atom is 0.117 e. The molecule has 3 heterocycles. The van der Waals surface area contributed by atoms with E-state index in [-0.39, 0.29) is 17.5 Å². The minimum absolute atomic E-state index is 0.0120. The van der Waals surface area contributed by atoms with Gasteiger partial charge in [-0.05, 0) is 112 Å². The molecule has 0 saturated heterocycles. The number of nitrogens with zero attached hydrogens (tertiary/aromatic N) is 3. The molecule has 6 aromatic rings. The Hall–Kier alpha value is -5.36. The number of para-hydroxylation sites is 4. The fourth-order valence-electron chi connectivity index (χ4n) is 10.9. The third-order valence-corrected chi connectivity index (χ3v) is 20.2. The maximum absolute atomic E-state index is 5.12. The first-order valence-electron chi connectivity index (χ1n) is 20.6. The van der Waals surface area contributed by atoms with E-state index in [4.69, 9.17) is 4.99 Å². The number of benzene rings is 6. The number of dihydropyridines is 1. The molecule has 1 fully saturated rings. The lowest BCUT2D eigenvalue weighted by molar-refractivity contribution is 0.550. The number of rotatable bonds is 4. The van der Waals surface area contributed by atoms with Gasteiger partial charge in [0.25, 0.3) is 0 Å². The van der Waals surface area contributed by atoms with E-state index in [0.29, 0.717) is 0 Å². The third kappa shape index (κ3) is 5.14. The van der Waals surface area contributed by atoms with Crippen molar-refractivity contribution in [3.05, 3.63) is 168 Å². The average Bonchev–Trinajstić information content (AvgIpc) is 3.84. The summed E-state index contributed by atoms with van der Waals surface area (Å²) in [6.45, 7) is 4.96. The molecule has 282 valence electrons. The summed E-state index contributed by atoms with van der Waals surface area (Å²) in [5.74, 6) is 0. The fraction of sp³-hybridized carbons (Fsp3) is 0.212. The molecule has 3 nitrogen and oxygen atoms in total. The predicted molar refractivity (Wildman–Crippen MR) is 248 cm³/mol. The van der Waals surface area contributed by atoms with Crippen LogP contribution in [0.5, 0.6) is 0 Å². The van der Waals surface area contributed by atoms with Gasteiger partial charge in [-0.2, -0.15) is 10.0 Å². The quantitative estimate of drug-likeness (QED) is 0.131. The summed E-state index contributed by atoms with van der Waals surface area (Å²) in [6.07, 6.45) is 21.2. The molecule has 0 amide bonds. The van der Waals surface area contributed by atoms with Gasteiger partial charge in [-0.3, -0.25) is 4.99 Å². The Bertz CT molecular complexity index is 2590. The van der Waals surface area contributed by atoms with Crippen LogP contribution in [0.3, 0.4) is 0 Å². The summed E-state index contributed by atoms with van der Waals surface area (Å²) >= 11 is 0. The summed E-state index contributed by atoms with van der Waals surface area (Å²) in [6, 6.07) is 50.9. The summed E-state index contributed by atoms with van der Waals surface area (Å²) in [4.78, 5) is 13.1. The zero-order valence-electron chi connectivity index (χ0n) is 33.3. The Morgan fingerprint density at radius 1 is 0.649 bits per heavy atom. The molecule has 0 aromatic heterocycles. The molecule has 0 N–H and O–H groups in total. The fourth-order valence-corrected chi connectivity index (χ4v) is 16.4. The second-order valence-electron chi connectivity index (χ2n) is 17.5. The van der Waals surface area contributed by atoms with Crippen LogP contribution in [0.15, 0.2) is 166 Å². The minimum atomic E-state index is -1.81. The predicted octanol–water partition coefficient (Wildman–Crippen LogP) is 12.2. The molecular formula is C52H49N3SSi. The van der Waals surface area contributed by atoms with Gasteiger partial charge in [-0.15, -0.1) is 0 Å². The van der Waals surface area contributed by atoms with Crippen LogP contribution in [-0.2, 0) is 5.41 Å². The van der Waals surface area contributed by atoms with Crippen LogP contribution in [0.4, 0.5) is 28.4 Å². The van der Waals surface area contributed by atoms with Gasteiger partial charge in [0.15, 0.2) is 0 Å². The standard InChI is InChI=1S/C52H49N3SSi/c1-56(2)48-19-9-5-15-44(48)54(45-16-6-10-20-49(45)56)38-28-30-41-40-29-24-36(33-42(40)52(43(41)34-38)31-13-14-32-52)23-25-37-26-27-39(35-53-37)55-46-17-7-11-21-50(46)57(3,4)51-22-12-8-18-47(51)55/h5-12,15-30,33-35,37,39H,13-14,31-32H2,1-4H3. The Balaban J connectivity index is 0.898. The van der Waals surface area contributed by atoms with Gasteiger partial charge in [0, 0.05) is 38.5 Å². The number of fused-ring (bicyclic) bond motifs is 9. The van der Waals surface area contributed by atoms with Crippen LogP contribution in [0.1, 0.15) is 42.4 Å². The molecule has 1 saturated carbocycles. The van der Waals surface area contributed by atoms with E-state index in [1.54, 1.807) is 0 Å². The second-order valence-corrected chi connectivity index (χ2v) is 25.3. The Labute approximate surface area is 340 Å². The molecule has 11 rings (SSSR count). The molecule has 57 heavy (non-hydrogen) atoms. The summed E-state index contributed by atoms with van der Waals surface area (Å²) in [7, 11) is -2.94. The van der Waals surface area contributed by atoms with Gasteiger partial charge in [-0.25, -0.2) is 0 Å². The van der Waals surface area contributed by atoms with E-state index in [1.807, 2.05) is 0 Å². The van der Waals surface area contributed by atoms with Crippen molar-refractivity contribution in [2.24, 2.45) is 4.99 Å². The van der Waals surface area contributed by atoms with E-state index in [1.165, 1.54) is 102 Å². The lowest BCUT2D eigenvalue weighted by Crippen LogP contribution is -2.60. The zero-order chi connectivity index (χ0) is 38.5. The molecule has 0 radical (unpaired) electrons. The summed E-state index contributed by atoms with van der Waals surface area (Å²) < 4.78 is 0. The van der Waals surface area contributed by atoms with Crippen molar-refractivity contribution < 1.29 is 0 Å². The smallest absolute Gasteiger partial charge is 0.117 e. The lowest BCUT2D eigenvalue weighted by Gasteiger charge is -2.45. The topological polar surface area (TPSA) is 18.8 Å². The SMILES string of the molecule is C[Si]1(C)c2ccccc2N(C2C=CC(C=Cc3ccc4c(c3)C3(CCCC3)c3cc(N5c6ccccc6S(C)(C)c6ccccc65)ccc3-4)N=C2)c2ccccc21. The van der Waals surface area contributed by atoms with Crippen LogP contribution < -0.4 is 20.2 Å². The highest BCUT2D eigenvalue weighted by Gasteiger charge is 2.46. The normalized spacial score (nSPS) is 21.8. The zero-order valence-corrected chi connectivity index (χ0v) is 35.1. The molecule has 2 aliphatic carbocycles. The van der Waals surface area contributed by atoms with Crippen molar-refractivity contribution in [2.45, 2.75) is 66.1 Å². The van der Waals surface area contributed by atoms with Crippen LogP contribution >= 0.6 is 10.0 Å². The molecule has 2 atom stereocenters. The van der Waals surface area contributed by atoms with E-state index < -0.39 is 18.1 Å². The van der Waals surface area contributed by atoms with Crippen molar-refractivity contribution in [3.63, 3.8) is 0 Å². The highest BCUT2D eigenvalue weighted by atomic mass is 32.3. The molecule has 2 unspecified atom stereocenters. The molecular weight excluding hydrogens is 727 g/mol. The summed E-state index contributed by atoms with van der Waals surface area (Å²) in [5.41, 5.74) is 13.7. The summed E-state index contributed by atoms with van der Waals surface area (Å²) in [5, 5.41) is 2.99. The van der Waals surface area contributed by atoms with Gasteiger partial charge in [-0.1, -0.05) is 135 Å². The van der Waals surface area contributed by atoms with Crippen molar-refractivity contribution in [2.75, 3.05) is 22.3 Å². The van der Waals surface area contributed by atoms with Crippen molar-refractivity contribution >= 4 is 69.2 Å². The van der Waals surface area contributed by atoms with E-state index in [9.17, 15) is 0 Å². The molecule has 0 bridgehead atoms. The number of aliphatic imine (C=N–C) groups is 1. The largest absolute Gasteiger partial charge is 0.330 e. The molecule has 6 aromatic carbocycles. The van der Waals surface area contributed by atoms with E-state index in [0.717, 1.165) is 0 Å². The third-order valence-electron chi connectivity index (χ3n) is 13.8. The first kappa shape index (κ1) is 34.9. The first-order valence-corrected chi connectivity index (χ1v) is 26.1. The van der Waals surface area contributed by atoms with Crippen molar-refractivity contribution in [1.29, 1.82) is 0 Å². The van der Waals surface area contributed by atoms with Gasteiger partial charge in [0.2, 0.25) is 0 Å². The lowest BCUT2D eigenvalue weighted by atomic mass is 9.76. The van der Waals surface area contributed by atoms with Crippen LogP contribution in [0.25, 0.3) is 17.2 Å². The molecule has 5 heteroatoms. The Morgan fingerprint density at radius 3 is 1.82 bits per heavy atom. The van der Waals surface area contributed by atoms with Gasteiger partial charge >= 0.3 is 0 Å². The van der Waals surface area contributed by atoms with Gasteiger partial charge < -0.3 is 9.80 Å². The van der Waals surface area contributed by atoms with Crippen molar-refractivity contribution in [3.8, 4) is 11.1 Å². The molecule has 1 spiro atoms. The maximum atomic E-state index is 5.12. The monoisotopic (exact) mass is 775 g/mol. The van der Waals surface area contributed by atoms with Gasteiger partial charge in [0.05, 0.1) is 23.5 Å². The van der Waals surface area contributed by atoms with Gasteiger partial charge in [0.1, 0.15) is 8.07 Å². The highest BCUT2D eigenvalue weighted by Crippen LogP contribution is 2.68.